The average molecular weight is 146 g/mol. The van der Waals surface area contributed by atoms with Crippen molar-refractivity contribution in [1.29, 1.82) is 0 Å². The summed E-state index contributed by atoms with van der Waals surface area (Å²) < 4.78 is 9.80. The highest BCUT2D eigenvalue weighted by molar-refractivity contribution is 5.57. The van der Waals surface area contributed by atoms with E-state index in [2.05, 4.69) is 0 Å². The predicted octanol–water partition coefficient (Wildman–Crippen LogP) is -0.692. The minimum absolute atomic E-state index is 0.171. The molecular weight excluding hydrogens is 136 g/mol. The van der Waals surface area contributed by atoms with Crippen LogP contribution in [0.15, 0.2) is 0 Å². The molecule has 0 bridgehead atoms. The van der Waals surface area contributed by atoms with Gasteiger partial charge in [0.1, 0.15) is 12.2 Å². The summed E-state index contributed by atoms with van der Waals surface area (Å²) >= 11 is 0. The molecular formula is C6H10O4. The highest BCUT2D eigenvalue weighted by Gasteiger charge is 2.27. The van der Waals surface area contributed by atoms with Crippen LogP contribution in [-0.4, -0.2) is 36.5 Å². The van der Waals surface area contributed by atoms with Gasteiger partial charge >= 0.3 is 0 Å². The Morgan fingerprint density at radius 1 is 1.70 bits per heavy atom. The molecule has 10 heavy (non-hydrogen) atoms. The molecule has 1 fully saturated rings. The summed E-state index contributed by atoms with van der Waals surface area (Å²) in [5.74, 6) is 0. The van der Waals surface area contributed by atoms with E-state index in [0.717, 1.165) is 0 Å². The molecule has 1 aliphatic heterocycles. The number of ether oxygens (including phenoxy) is 2. The molecule has 1 saturated heterocycles. The van der Waals surface area contributed by atoms with Crippen molar-refractivity contribution in [3.05, 3.63) is 0 Å². The van der Waals surface area contributed by atoms with Crippen LogP contribution in [0.1, 0.15) is 6.92 Å². The molecule has 4 heteroatoms. The number of aldehydes is 1. The van der Waals surface area contributed by atoms with Crippen LogP contribution in [0.5, 0.6) is 0 Å². The Labute approximate surface area is 58.7 Å². The summed E-state index contributed by atoms with van der Waals surface area (Å²) in [5, 5.41) is 9.01. The lowest BCUT2D eigenvalue weighted by atomic mass is 10.2. The normalized spacial score (nSPS) is 41.2. The van der Waals surface area contributed by atoms with E-state index in [0.29, 0.717) is 6.29 Å². The minimum Gasteiger partial charge on any atom is -0.388 e. The standard InChI is InChI=1S/C6H10O4/c1-4-9-3-5(8)6(2-7)10-4/h2,4-6,8H,3H2,1H3/t4?,5-,6+/m0/s1. The number of aliphatic hydroxyl groups is 1. The first-order valence-corrected chi connectivity index (χ1v) is 3.14. The van der Waals surface area contributed by atoms with Crippen molar-refractivity contribution >= 4 is 6.29 Å². The fraction of sp³-hybridized carbons (Fsp3) is 0.833. The van der Waals surface area contributed by atoms with Crippen LogP contribution in [0.25, 0.3) is 0 Å². The average Bonchev–Trinajstić information content (AvgIpc) is 1.94. The maximum atomic E-state index is 10.2. The third-order valence-electron chi connectivity index (χ3n) is 1.36. The van der Waals surface area contributed by atoms with Gasteiger partial charge in [0.25, 0.3) is 0 Å². The molecule has 0 amide bonds. The maximum Gasteiger partial charge on any atom is 0.156 e. The summed E-state index contributed by atoms with van der Waals surface area (Å²) in [6.07, 6.45) is -1.33. The van der Waals surface area contributed by atoms with E-state index in [-0.39, 0.29) is 6.61 Å². The lowest BCUT2D eigenvalue weighted by Gasteiger charge is -2.28. The second-order valence-electron chi connectivity index (χ2n) is 2.21. The van der Waals surface area contributed by atoms with E-state index in [1.807, 2.05) is 0 Å². The van der Waals surface area contributed by atoms with E-state index in [4.69, 9.17) is 14.6 Å². The second-order valence-corrected chi connectivity index (χ2v) is 2.21. The van der Waals surface area contributed by atoms with Gasteiger partial charge in [-0.05, 0) is 6.92 Å². The largest absolute Gasteiger partial charge is 0.388 e. The minimum atomic E-state index is -0.811. The molecule has 58 valence electrons. The number of carbonyl (C=O) groups is 1. The molecule has 0 aromatic rings. The van der Waals surface area contributed by atoms with Crippen LogP contribution < -0.4 is 0 Å². The summed E-state index contributed by atoms with van der Waals surface area (Å²) in [6, 6.07) is 0. The number of aliphatic hydroxyl groups excluding tert-OH is 1. The van der Waals surface area contributed by atoms with Crippen molar-refractivity contribution in [3.63, 3.8) is 0 Å². The van der Waals surface area contributed by atoms with Gasteiger partial charge in [-0.1, -0.05) is 0 Å². The van der Waals surface area contributed by atoms with Gasteiger partial charge in [0, 0.05) is 0 Å². The lowest BCUT2D eigenvalue weighted by Crippen LogP contribution is -2.43. The fourth-order valence-corrected chi connectivity index (χ4v) is 0.803. The second kappa shape index (κ2) is 3.09. The van der Waals surface area contributed by atoms with Crippen LogP contribution in [-0.2, 0) is 14.3 Å². The van der Waals surface area contributed by atoms with E-state index in [1.54, 1.807) is 6.92 Å². The Bertz CT molecular complexity index is 125. The molecule has 1 N–H and O–H groups in total. The molecule has 0 aromatic heterocycles. The molecule has 0 saturated carbocycles. The van der Waals surface area contributed by atoms with Crippen LogP contribution in [0, 0.1) is 0 Å². The SMILES string of the molecule is CC1OC[C@H](O)[C@@H](C=O)O1. The number of carbonyl (C=O) groups excluding carboxylic acids is 1. The summed E-state index contributed by atoms with van der Waals surface area (Å²) in [5.41, 5.74) is 0. The van der Waals surface area contributed by atoms with Crippen molar-refractivity contribution < 1.29 is 19.4 Å². The molecule has 1 heterocycles. The summed E-state index contributed by atoms with van der Waals surface area (Å²) in [4.78, 5) is 10.2. The maximum absolute atomic E-state index is 10.2. The van der Waals surface area contributed by atoms with Crippen molar-refractivity contribution in [1.82, 2.24) is 0 Å². The smallest absolute Gasteiger partial charge is 0.156 e. The molecule has 0 aliphatic carbocycles. The molecule has 0 aromatic carbocycles. The van der Waals surface area contributed by atoms with E-state index >= 15 is 0 Å². The van der Waals surface area contributed by atoms with Crippen molar-refractivity contribution in [2.24, 2.45) is 0 Å². The molecule has 0 spiro atoms. The zero-order valence-corrected chi connectivity index (χ0v) is 5.69. The molecule has 1 aliphatic rings. The Kier molecular flexibility index (Phi) is 2.37. The van der Waals surface area contributed by atoms with Gasteiger partial charge in [-0.3, -0.25) is 0 Å². The molecule has 3 atom stereocenters. The van der Waals surface area contributed by atoms with Gasteiger partial charge in [0.05, 0.1) is 6.61 Å². The zero-order chi connectivity index (χ0) is 7.56. The monoisotopic (exact) mass is 146 g/mol. The van der Waals surface area contributed by atoms with Crippen LogP contribution in [0.3, 0.4) is 0 Å². The van der Waals surface area contributed by atoms with Gasteiger partial charge < -0.3 is 19.4 Å². The first kappa shape index (κ1) is 7.65. The summed E-state index contributed by atoms with van der Waals surface area (Å²) in [7, 11) is 0. The first-order valence-electron chi connectivity index (χ1n) is 3.14. The molecule has 4 nitrogen and oxygen atoms in total. The van der Waals surface area contributed by atoms with Gasteiger partial charge in [0.2, 0.25) is 0 Å². The molecule has 0 radical (unpaired) electrons. The Hall–Kier alpha value is -0.450. The number of rotatable bonds is 1. The number of hydrogen-bond acceptors (Lipinski definition) is 4. The highest BCUT2D eigenvalue weighted by atomic mass is 16.7. The van der Waals surface area contributed by atoms with E-state index in [9.17, 15) is 4.79 Å². The van der Waals surface area contributed by atoms with Crippen molar-refractivity contribution in [2.75, 3.05) is 6.61 Å². The predicted molar refractivity (Wildman–Crippen MR) is 32.4 cm³/mol. The Morgan fingerprint density at radius 2 is 2.40 bits per heavy atom. The number of hydrogen-bond donors (Lipinski definition) is 1. The van der Waals surface area contributed by atoms with Crippen LogP contribution in [0.4, 0.5) is 0 Å². The highest BCUT2D eigenvalue weighted by Crippen LogP contribution is 2.10. The van der Waals surface area contributed by atoms with Crippen molar-refractivity contribution in [3.8, 4) is 0 Å². The van der Waals surface area contributed by atoms with Gasteiger partial charge in [-0.2, -0.15) is 0 Å². The Balaban J connectivity index is 2.45. The fourth-order valence-electron chi connectivity index (χ4n) is 0.803. The quantitative estimate of drug-likeness (QED) is 0.497. The van der Waals surface area contributed by atoms with Gasteiger partial charge in [-0.15, -0.1) is 0 Å². The van der Waals surface area contributed by atoms with E-state index < -0.39 is 18.5 Å². The van der Waals surface area contributed by atoms with Gasteiger partial charge in [0.15, 0.2) is 12.6 Å². The lowest BCUT2D eigenvalue weighted by molar-refractivity contribution is -0.234. The van der Waals surface area contributed by atoms with Crippen LogP contribution >= 0.6 is 0 Å². The zero-order valence-electron chi connectivity index (χ0n) is 5.69. The Morgan fingerprint density at radius 3 is 2.90 bits per heavy atom. The van der Waals surface area contributed by atoms with E-state index in [1.165, 1.54) is 0 Å². The van der Waals surface area contributed by atoms with Gasteiger partial charge in [-0.25, -0.2) is 0 Å². The summed E-state index contributed by atoms with van der Waals surface area (Å²) in [6.45, 7) is 1.85. The third-order valence-corrected chi connectivity index (χ3v) is 1.36. The molecule has 1 unspecified atom stereocenters. The van der Waals surface area contributed by atoms with Crippen LogP contribution in [0.2, 0.25) is 0 Å². The van der Waals surface area contributed by atoms with Crippen molar-refractivity contribution in [2.45, 2.75) is 25.4 Å². The third kappa shape index (κ3) is 1.53. The topological polar surface area (TPSA) is 55.8 Å². The first-order chi connectivity index (χ1) is 4.74. The molecule has 1 rings (SSSR count).